The first-order valence-corrected chi connectivity index (χ1v) is 9.06. The first-order valence-electron chi connectivity index (χ1n) is 8.18. The van der Waals surface area contributed by atoms with Crippen LogP contribution >= 0.6 is 11.3 Å². The first kappa shape index (κ1) is 16.6. The van der Waals surface area contributed by atoms with Crippen LogP contribution in [0.15, 0.2) is 54.2 Å². The Balaban J connectivity index is 1.62. The molecular weight excluding hydrogens is 316 g/mol. The summed E-state index contributed by atoms with van der Waals surface area (Å²) in [5, 5.41) is 9.80. The average molecular weight is 338 g/mol. The Kier molecular flexibility index (Phi) is 5.56. The van der Waals surface area contributed by atoms with Gasteiger partial charge in [-0.1, -0.05) is 19.1 Å². The topological polar surface area (TPSA) is 49.8 Å². The number of hydrogen-bond donors (Lipinski definition) is 2. The maximum Gasteiger partial charge on any atom is 0.187 e. The number of aromatic nitrogens is 2. The number of pyridine rings is 1. The maximum atomic E-state index is 4.65. The summed E-state index contributed by atoms with van der Waals surface area (Å²) in [6.45, 7) is 5.19. The Bertz CT molecular complexity index is 753. The second kappa shape index (κ2) is 8.04. The fourth-order valence-electron chi connectivity index (χ4n) is 2.52. The molecule has 124 valence electrons. The molecule has 0 saturated heterocycles. The second-order valence-electron chi connectivity index (χ2n) is 5.71. The van der Waals surface area contributed by atoms with E-state index in [1.54, 1.807) is 11.3 Å². The van der Waals surface area contributed by atoms with Crippen molar-refractivity contribution in [3.63, 3.8) is 0 Å². The summed E-state index contributed by atoms with van der Waals surface area (Å²) in [6.07, 6.45) is 4.59. The highest BCUT2D eigenvalue weighted by Crippen LogP contribution is 2.24. The van der Waals surface area contributed by atoms with Gasteiger partial charge in [0.05, 0.1) is 5.69 Å². The molecule has 2 N–H and O–H groups in total. The molecule has 24 heavy (non-hydrogen) atoms. The average Bonchev–Trinajstić information content (AvgIpc) is 3.06. The third kappa shape index (κ3) is 4.40. The molecule has 0 saturated carbocycles. The van der Waals surface area contributed by atoms with Gasteiger partial charge in [0.2, 0.25) is 0 Å². The fourth-order valence-corrected chi connectivity index (χ4v) is 3.34. The molecule has 0 fully saturated rings. The van der Waals surface area contributed by atoms with Crippen LogP contribution in [0.25, 0.3) is 0 Å². The summed E-state index contributed by atoms with van der Waals surface area (Å²) < 4.78 is 0. The monoisotopic (exact) mass is 338 g/mol. The highest BCUT2D eigenvalue weighted by atomic mass is 32.1. The Morgan fingerprint density at radius 3 is 2.46 bits per heavy atom. The Morgan fingerprint density at radius 1 is 1.04 bits per heavy atom. The van der Waals surface area contributed by atoms with Crippen molar-refractivity contribution in [3.8, 4) is 0 Å². The van der Waals surface area contributed by atoms with Crippen LogP contribution in [0.3, 0.4) is 0 Å². The minimum Gasteiger partial charge on any atom is -0.332 e. The number of benzene rings is 1. The van der Waals surface area contributed by atoms with Gasteiger partial charge < -0.3 is 10.6 Å². The molecule has 1 unspecified atom stereocenters. The van der Waals surface area contributed by atoms with Gasteiger partial charge in [-0.25, -0.2) is 4.98 Å². The summed E-state index contributed by atoms with van der Waals surface area (Å²) in [6, 6.07) is 12.9. The zero-order chi connectivity index (χ0) is 16.8. The number of hydrogen-bond acceptors (Lipinski definition) is 5. The third-order valence-electron chi connectivity index (χ3n) is 3.84. The molecule has 1 atom stereocenters. The summed E-state index contributed by atoms with van der Waals surface area (Å²) in [7, 11) is 0. The van der Waals surface area contributed by atoms with Crippen LogP contribution in [0.1, 0.15) is 36.7 Å². The number of rotatable bonds is 7. The lowest BCUT2D eigenvalue weighted by Gasteiger charge is -2.08. The SMILES string of the molecule is CCNC(C)c1csc(Nc2ccc(Cc3ccncc3)cc2)n1. The van der Waals surface area contributed by atoms with Crippen LogP contribution in [0.4, 0.5) is 10.8 Å². The van der Waals surface area contributed by atoms with Crippen molar-refractivity contribution in [2.75, 3.05) is 11.9 Å². The van der Waals surface area contributed by atoms with Crippen molar-refractivity contribution in [2.45, 2.75) is 26.3 Å². The van der Waals surface area contributed by atoms with E-state index in [-0.39, 0.29) is 6.04 Å². The van der Waals surface area contributed by atoms with Crippen LogP contribution in [0.5, 0.6) is 0 Å². The highest BCUT2D eigenvalue weighted by Gasteiger charge is 2.09. The quantitative estimate of drug-likeness (QED) is 0.664. The molecule has 3 rings (SSSR count). The lowest BCUT2D eigenvalue weighted by atomic mass is 10.1. The summed E-state index contributed by atoms with van der Waals surface area (Å²) >= 11 is 1.64. The van der Waals surface area contributed by atoms with Gasteiger partial charge in [0.25, 0.3) is 0 Å². The zero-order valence-electron chi connectivity index (χ0n) is 14.0. The van der Waals surface area contributed by atoms with Crippen LogP contribution in [0, 0.1) is 0 Å². The van der Waals surface area contributed by atoms with Gasteiger partial charge >= 0.3 is 0 Å². The van der Waals surface area contributed by atoms with Crippen LogP contribution in [-0.2, 0) is 6.42 Å². The molecule has 3 aromatic rings. The number of nitrogens with zero attached hydrogens (tertiary/aromatic N) is 2. The predicted octanol–water partition coefficient (Wildman–Crippen LogP) is 4.54. The number of anilines is 2. The van der Waals surface area contributed by atoms with Crippen molar-refractivity contribution in [1.29, 1.82) is 0 Å². The van der Waals surface area contributed by atoms with Crippen molar-refractivity contribution >= 4 is 22.2 Å². The van der Waals surface area contributed by atoms with E-state index in [9.17, 15) is 0 Å². The van der Waals surface area contributed by atoms with E-state index in [2.05, 4.69) is 76.2 Å². The standard InChI is InChI=1S/C19H22N4S/c1-3-21-14(2)18-13-24-19(23-18)22-17-6-4-15(5-7-17)12-16-8-10-20-11-9-16/h4-11,13-14,21H,3,12H2,1-2H3,(H,22,23). The van der Waals surface area contributed by atoms with Crippen LogP contribution in [-0.4, -0.2) is 16.5 Å². The van der Waals surface area contributed by atoms with E-state index < -0.39 is 0 Å². The van der Waals surface area contributed by atoms with Crippen molar-refractivity contribution in [1.82, 2.24) is 15.3 Å². The molecule has 0 aliphatic rings. The van der Waals surface area contributed by atoms with Crippen molar-refractivity contribution < 1.29 is 0 Å². The molecule has 5 heteroatoms. The summed E-state index contributed by atoms with van der Waals surface area (Å²) in [5.74, 6) is 0. The molecule has 0 bridgehead atoms. The van der Waals surface area contributed by atoms with Crippen molar-refractivity contribution in [3.05, 3.63) is 71.0 Å². The lowest BCUT2D eigenvalue weighted by molar-refractivity contribution is 0.587. The summed E-state index contributed by atoms with van der Waals surface area (Å²) in [5.41, 5.74) is 4.70. The van der Waals surface area contributed by atoms with Crippen molar-refractivity contribution in [2.24, 2.45) is 0 Å². The maximum absolute atomic E-state index is 4.65. The number of thiazole rings is 1. The minimum atomic E-state index is 0.282. The van der Waals surface area contributed by atoms with Crippen LogP contribution in [0.2, 0.25) is 0 Å². The Morgan fingerprint density at radius 2 is 1.75 bits per heavy atom. The van der Waals surface area contributed by atoms with Gasteiger partial charge in [0.1, 0.15) is 0 Å². The van der Waals surface area contributed by atoms with Gasteiger partial charge in [0.15, 0.2) is 5.13 Å². The normalized spacial score (nSPS) is 12.1. The molecule has 0 spiro atoms. The molecule has 2 aromatic heterocycles. The molecule has 0 amide bonds. The minimum absolute atomic E-state index is 0.282. The first-order chi connectivity index (χ1) is 11.7. The van der Waals surface area contributed by atoms with Gasteiger partial charge in [0, 0.05) is 29.5 Å². The fraction of sp³-hybridized carbons (Fsp3) is 0.263. The molecule has 4 nitrogen and oxygen atoms in total. The molecule has 1 aromatic carbocycles. The van der Waals surface area contributed by atoms with Gasteiger partial charge in [-0.2, -0.15) is 0 Å². The molecule has 2 heterocycles. The zero-order valence-corrected chi connectivity index (χ0v) is 14.8. The predicted molar refractivity (Wildman–Crippen MR) is 101 cm³/mol. The second-order valence-corrected chi connectivity index (χ2v) is 6.57. The van der Waals surface area contributed by atoms with Gasteiger partial charge in [-0.05, 0) is 55.3 Å². The molecule has 0 radical (unpaired) electrons. The van der Waals surface area contributed by atoms with Crippen LogP contribution < -0.4 is 10.6 Å². The Hall–Kier alpha value is -2.24. The van der Waals surface area contributed by atoms with E-state index in [1.807, 2.05) is 12.4 Å². The molecule has 0 aliphatic carbocycles. The molecular formula is C19H22N4S. The van der Waals surface area contributed by atoms with Gasteiger partial charge in [-0.3, -0.25) is 4.98 Å². The van der Waals surface area contributed by atoms with E-state index in [0.717, 1.165) is 29.5 Å². The van der Waals surface area contributed by atoms with E-state index in [0.29, 0.717) is 0 Å². The van der Waals surface area contributed by atoms with Gasteiger partial charge in [-0.15, -0.1) is 11.3 Å². The smallest absolute Gasteiger partial charge is 0.187 e. The molecule has 0 aliphatic heterocycles. The highest BCUT2D eigenvalue weighted by molar-refractivity contribution is 7.13. The van der Waals surface area contributed by atoms with E-state index in [1.165, 1.54) is 11.1 Å². The third-order valence-corrected chi connectivity index (χ3v) is 4.61. The summed E-state index contributed by atoms with van der Waals surface area (Å²) in [4.78, 5) is 8.71. The lowest BCUT2D eigenvalue weighted by Crippen LogP contribution is -2.17. The van der Waals surface area contributed by atoms with E-state index >= 15 is 0 Å². The Labute approximate surface area is 147 Å². The van der Waals surface area contributed by atoms with E-state index in [4.69, 9.17) is 0 Å². The largest absolute Gasteiger partial charge is 0.332 e. The number of nitrogens with one attached hydrogen (secondary N) is 2.